The normalized spacial score (nSPS) is 49.3. The number of aliphatic hydroxyl groups is 11. The molecule has 23 heteroatoms. The SMILES string of the molecule is C/C=C(/C)C(=O)O[C@H]1[C@H](OC(=O)/C(C)=C\C)[C@@]2(CO)C(CC1(C)C)C1=CCC3[C@@]4(C)CC[C@H](O[C@@H]5OC(C(=O)O)[C@@H](O)C(O[C@@H]6O[C@@H](CO)C(O)[C@@H]6O)C5O[C@@H]5OC(CO)[C@@H](O)C(O)C5O)[C@](C)(CO)C4CC[C@@]3(C)[C@]1(C)C[C@H]2O. The Morgan fingerprint density at radius 3 is 1.73 bits per heavy atom. The van der Waals surface area contributed by atoms with E-state index in [9.17, 15) is 75.7 Å². The van der Waals surface area contributed by atoms with Gasteiger partial charge in [-0.15, -0.1) is 0 Å². The quantitative estimate of drug-likeness (QED) is 0.0453. The smallest absolute Gasteiger partial charge is 0.335 e. The van der Waals surface area contributed by atoms with E-state index in [1.807, 2.05) is 20.8 Å². The fourth-order valence-corrected chi connectivity index (χ4v) is 16.2. The van der Waals surface area contributed by atoms with Crippen molar-refractivity contribution >= 4 is 17.9 Å². The highest BCUT2D eigenvalue weighted by Gasteiger charge is 2.74. The molecule has 8 rings (SSSR count). The second-order valence-corrected chi connectivity index (χ2v) is 25.8. The Kier molecular flexibility index (Phi) is 18.2. The van der Waals surface area contributed by atoms with Crippen molar-refractivity contribution in [3.63, 3.8) is 0 Å². The van der Waals surface area contributed by atoms with E-state index in [0.29, 0.717) is 43.3 Å². The van der Waals surface area contributed by atoms with Crippen LogP contribution in [0.4, 0.5) is 0 Å². The minimum atomic E-state index is -2.15. The molecule has 0 aromatic rings. The highest BCUT2D eigenvalue weighted by atomic mass is 16.8. The first kappa shape index (κ1) is 63.0. The number of carbonyl (C=O) groups is 3. The van der Waals surface area contributed by atoms with E-state index in [-0.39, 0.29) is 24.7 Å². The lowest BCUT2D eigenvalue weighted by atomic mass is 9.33. The fraction of sp³-hybridized carbons (Fsp3) is 0.842. The number of allylic oxidation sites excluding steroid dienone is 4. The summed E-state index contributed by atoms with van der Waals surface area (Å²) in [5, 5.41) is 133. The van der Waals surface area contributed by atoms with E-state index in [0.717, 1.165) is 5.57 Å². The maximum Gasteiger partial charge on any atom is 0.335 e. The molecule has 3 saturated heterocycles. The third kappa shape index (κ3) is 9.95. The topological polar surface area (TPSA) is 368 Å². The Bertz CT molecular complexity index is 2380. The summed E-state index contributed by atoms with van der Waals surface area (Å²) in [6.45, 7) is 16.4. The van der Waals surface area contributed by atoms with Crippen molar-refractivity contribution in [1.82, 2.24) is 0 Å². The molecule has 4 saturated carbocycles. The van der Waals surface area contributed by atoms with E-state index < -0.39 is 193 Å². The van der Waals surface area contributed by atoms with Gasteiger partial charge >= 0.3 is 17.9 Å². The minimum absolute atomic E-state index is 0.0864. The summed E-state index contributed by atoms with van der Waals surface area (Å²) in [4.78, 5) is 40.3. The number of aliphatic carboxylic acids is 1. The summed E-state index contributed by atoms with van der Waals surface area (Å²) < 4.78 is 49.0. The molecule has 3 aliphatic heterocycles. The zero-order valence-electron chi connectivity index (χ0n) is 47.5. The van der Waals surface area contributed by atoms with Gasteiger partial charge in [0.1, 0.15) is 67.1 Å². The van der Waals surface area contributed by atoms with Crippen LogP contribution in [0.3, 0.4) is 0 Å². The number of hydrogen-bond donors (Lipinski definition) is 12. The van der Waals surface area contributed by atoms with E-state index in [1.165, 1.54) is 0 Å². The third-order valence-corrected chi connectivity index (χ3v) is 21.4. The fourth-order valence-electron chi connectivity index (χ4n) is 16.2. The molecule has 454 valence electrons. The van der Waals surface area contributed by atoms with Gasteiger partial charge in [0.15, 0.2) is 31.1 Å². The molecule has 23 nitrogen and oxygen atoms in total. The standard InChI is InChI=1S/C57H88O23/c1-11-25(3)47(71)79-44-45(80-48(72)26(4)12-2)57(24-61)28(19-52(44,5)6)27-13-14-32-53(7)17-16-34(54(8,23-60)31(53)15-18-55(32,9)56(27,10)20-33(57)62)75-51-43(78-50-39(67)37(65)35(63)29(21-58)73-50)41(40(68)42(77-51)46(69)70)76-49-38(66)36(64)30(22-59)74-49/h11-13,28-45,49-51,58-68H,14-24H2,1-10H3,(H,69,70)/b25-11-,26-12-/t28?,29?,30-,31?,32?,33+,34-,35+,36?,37?,38-,39?,40-,41?,42?,43?,44-,45-,49-,50-,51+,53-,54+,55+,56+,57-/m0/s1. The van der Waals surface area contributed by atoms with Crippen molar-refractivity contribution in [2.45, 2.75) is 225 Å². The van der Waals surface area contributed by atoms with Crippen LogP contribution in [0.25, 0.3) is 0 Å². The first-order valence-corrected chi connectivity index (χ1v) is 28.2. The lowest BCUT2D eigenvalue weighted by Gasteiger charge is -2.72. The number of esters is 2. The van der Waals surface area contributed by atoms with Gasteiger partial charge in [-0.25, -0.2) is 14.4 Å². The molecule has 0 spiro atoms. The molecule has 0 aromatic heterocycles. The predicted molar refractivity (Wildman–Crippen MR) is 277 cm³/mol. The number of carboxylic acid groups (broad SMARTS) is 1. The van der Waals surface area contributed by atoms with Crippen LogP contribution >= 0.6 is 0 Å². The monoisotopic (exact) mass is 1140 g/mol. The highest BCUT2D eigenvalue weighted by molar-refractivity contribution is 5.89. The molecule has 0 radical (unpaired) electrons. The van der Waals surface area contributed by atoms with Gasteiger partial charge in [0.05, 0.1) is 44.1 Å². The maximum absolute atomic E-state index is 13.8. The van der Waals surface area contributed by atoms with E-state index >= 15 is 0 Å². The van der Waals surface area contributed by atoms with E-state index in [2.05, 4.69) is 26.8 Å². The summed E-state index contributed by atoms with van der Waals surface area (Å²) in [5.74, 6) is -3.87. The van der Waals surface area contributed by atoms with Crippen LogP contribution in [0.5, 0.6) is 0 Å². The van der Waals surface area contributed by atoms with Crippen LogP contribution in [0.2, 0.25) is 0 Å². The minimum Gasteiger partial charge on any atom is -0.479 e. The number of carboxylic acids is 1. The summed E-state index contributed by atoms with van der Waals surface area (Å²) >= 11 is 0. The van der Waals surface area contributed by atoms with Crippen LogP contribution in [-0.4, -0.2) is 216 Å². The Labute approximate surface area is 466 Å². The summed E-state index contributed by atoms with van der Waals surface area (Å²) in [6, 6.07) is 0. The molecule has 8 aliphatic rings. The number of aliphatic hydroxyl groups excluding tert-OH is 11. The molecule has 5 aliphatic carbocycles. The first-order valence-electron chi connectivity index (χ1n) is 28.2. The molecule has 3 heterocycles. The zero-order valence-corrected chi connectivity index (χ0v) is 47.5. The number of hydrogen-bond acceptors (Lipinski definition) is 22. The lowest BCUT2D eigenvalue weighted by molar-refractivity contribution is -0.387. The van der Waals surface area contributed by atoms with Crippen LogP contribution < -0.4 is 0 Å². The third-order valence-electron chi connectivity index (χ3n) is 21.4. The number of carbonyl (C=O) groups excluding carboxylic acids is 2. The van der Waals surface area contributed by atoms with Gasteiger partial charge in [-0.2, -0.15) is 0 Å². The van der Waals surface area contributed by atoms with Crippen molar-refractivity contribution < 1.29 is 114 Å². The number of fused-ring (bicyclic) bond motifs is 7. The lowest BCUT2D eigenvalue weighted by Crippen LogP contribution is -2.72. The zero-order chi connectivity index (χ0) is 59.1. The average Bonchev–Trinajstić information content (AvgIpc) is 3.85. The van der Waals surface area contributed by atoms with Crippen molar-refractivity contribution in [3.05, 3.63) is 34.9 Å². The summed E-state index contributed by atoms with van der Waals surface area (Å²) in [5.41, 5.74) is -3.55. The second kappa shape index (κ2) is 23.1. The molecule has 10 unspecified atom stereocenters. The second-order valence-electron chi connectivity index (χ2n) is 25.8. The largest absolute Gasteiger partial charge is 0.479 e. The van der Waals surface area contributed by atoms with Gasteiger partial charge in [0, 0.05) is 22.0 Å². The molecule has 12 N–H and O–H groups in total. The summed E-state index contributed by atoms with van der Waals surface area (Å²) in [6.07, 6.45) is -21.9. The molecular formula is C57H88O23. The molecule has 26 atom stereocenters. The van der Waals surface area contributed by atoms with Crippen molar-refractivity contribution in [3.8, 4) is 0 Å². The first-order chi connectivity index (χ1) is 37.5. The van der Waals surface area contributed by atoms with Gasteiger partial charge in [0.25, 0.3) is 0 Å². The van der Waals surface area contributed by atoms with Crippen molar-refractivity contribution in [2.24, 2.45) is 50.2 Å². The predicted octanol–water partition coefficient (Wildman–Crippen LogP) is 0.264. The van der Waals surface area contributed by atoms with Crippen LogP contribution in [0.1, 0.15) is 114 Å². The van der Waals surface area contributed by atoms with Crippen LogP contribution in [0, 0.1) is 50.2 Å². The van der Waals surface area contributed by atoms with Crippen molar-refractivity contribution in [1.29, 1.82) is 0 Å². The highest BCUT2D eigenvalue weighted by Crippen LogP contribution is 2.76. The number of rotatable bonds is 15. The average molecular weight is 1140 g/mol. The van der Waals surface area contributed by atoms with E-state index in [1.54, 1.807) is 39.8 Å². The molecule has 0 amide bonds. The Hall–Kier alpha value is -3.05. The van der Waals surface area contributed by atoms with Crippen LogP contribution in [-0.2, 0) is 52.3 Å². The Balaban J connectivity index is 1.14. The van der Waals surface area contributed by atoms with Gasteiger partial charge in [-0.05, 0) is 107 Å². The Morgan fingerprint density at radius 1 is 0.637 bits per heavy atom. The number of ether oxygens (including phenoxy) is 8. The Morgan fingerprint density at radius 2 is 1.19 bits per heavy atom. The molecule has 0 bridgehead atoms. The van der Waals surface area contributed by atoms with Crippen molar-refractivity contribution in [2.75, 3.05) is 26.4 Å². The van der Waals surface area contributed by atoms with Crippen LogP contribution in [0.15, 0.2) is 34.9 Å². The molecule has 80 heavy (non-hydrogen) atoms. The molecular weight excluding hydrogens is 1050 g/mol. The van der Waals surface area contributed by atoms with Gasteiger partial charge in [-0.1, -0.05) is 65.3 Å². The van der Waals surface area contributed by atoms with E-state index in [4.69, 9.17) is 37.9 Å². The molecule has 7 fully saturated rings. The molecule has 0 aromatic carbocycles. The van der Waals surface area contributed by atoms with Gasteiger partial charge in [0.2, 0.25) is 0 Å². The van der Waals surface area contributed by atoms with Gasteiger partial charge < -0.3 is 99.2 Å². The van der Waals surface area contributed by atoms with Gasteiger partial charge in [-0.3, -0.25) is 0 Å². The summed E-state index contributed by atoms with van der Waals surface area (Å²) in [7, 11) is 0. The maximum atomic E-state index is 13.8.